The van der Waals surface area contributed by atoms with Gasteiger partial charge in [0.1, 0.15) is 11.2 Å². The van der Waals surface area contributed by atoms with E-state index in [0.717, 1.165) is 49.5 Å². The van der Waals surface area contributed by atoms with E-state index >= 15 is 0 Å². The average molecular weight is 379 g/mol. The van der Waals surface area contributed by atoms with E-state index in [2.05, 4.69) is 10.1 Å². The number of likely N-dealkylation sites (tertiary alicyclic amines) is 1. The monoisotopic (exact) mass is 379 g/mol. The molecular formula is C20H25N7O. The SMILES string of the molecule is CN(C)c1ncc2c(n1)C1(CCCN(C(=O)c3cnn4ccn(C)c34)C1)CC2. The van der Waals surface area contributed by atoms with Crippen LogP contribution in [-0.4, -0.2) is 62.1 Å². The van der Waals surface area contributed by atoms with Gasteiger partial charge >= 0.3 is 0 Å². The van der Waals surface area contributed by atoms with Crippen LogP contribution in [0.1, 0.15) is 40.9 Å². The maximum absolute atomic E-state index is 13.4. The molecule has 8 nitrogen and oxygen atoms in total. The van der Waals surface area contributed by atoms with Crippen LogP contribution < -0.4 is 4.90 Å². The number of imidazole rings is 1. The number of fused-ring (bicyclic) bond motifs is 3. The van der Waals surface area contributed by atoms with Crippen LogP contribution in [0.3, 0.4) is 0 Å². The molecule has 3 aromatic heterocycles. The summed E-state index contributed by atoms with van der Waals surface area (Å²) in [6, 6.07) is 0. The Morgan fingerprint density at radius 2 is 2.07 bits per heavy atom. The number of carbonyl (C=O) groups is 1. The van der Waals surface area contributed by atoms with E-state index in [1.165, 1.54) is 5.56 Å². The van der Waals surface area contributed by atoms with Crippen LogP contribution in [0.5, 0.6) is 0 Å². The summed E-state index contributed by atoms with van der Waals surface area (Å²) < 4.78 is 3.70. The Hall–Kier alpha value is -2.90. The van der Waals surface area contributed by atoms with E-state index in [1.807, 2.05) is 54.1 Å². The summed E-state index contributed by atoms with van der Waals surface area (Å²) in [6.45, 7) is 1.49. The van der Waals surface area contributed by atoms with Crippen LogP contribution >= 0.6 is 0 Å². The Morgan fingerprint density at radius 3 is 2.89 bits per heavy atom. The first kappa shape index (κ1) is 17.2. The topological polar surface area (TPSA) is 71.6 Å². The summed E-state index contributed by atoms with van der Waals surface area (Å²) in [7, 11) is 5.87. The molecule has 146 valence electrons. The van der Waals surface area contributed by atoms with Gasteiger partial charge in [0.2, 0.25) is 5.95 Å². The van der Waals surface area contributed by atoms with Gasteiger partial charge in [0.15, 0.2) is 0 Å². The second kappa shape index (κ2) is 6.05. The lowest BCUT2D eigenvalue weighted by Crippen LogP contribution is -2.48. The molecule has 5 rings (SSSR count). The summed E-state index contributed by atoms with van der Waals surface area (Å²) in [5.74, 6) is 0.803. The predicted molar refractivity (Wildman–Crippen MR) is 106 cm³/mol. The van der Waals surface area contributed by atoms with Gasteiger partial charge in [-0.2, -0.15) is 5.10 Å². The minimum Gasteiger partial charge on any atom is -0.347 e. The fraction of sp³-hybridized carbons (Fsp3) is 0.500. The summed E-state index contributed by atoms with van der Waals surface area (Å²) >= 11 is 0. The molecule has 3 aromatic rings. The Balaban J connectivity index is 1.49. The molecule has 1 fully saturated rings. The van der Waals surface area contributed by atoms with Crippen molar-refractivity contribution in [3.05, 3.63) is 41.6 Å². The van der Waals surface area contributed by atoms with Crippen molar-refractivity contribution in [2.24, 2.45) is 7.05 Å². The first-order valence-corrected chi connectivity index (χ1v) is 9.80. The Kier molecular flexibility index (Phi) is 3.72. The van der Waals surface area contributed by atoms with E-state index in [4.69, 9.17) is 4.98 Å². The van der Waals surface area contributed by atoms with Crippen molar-refractivity contribution >= 4 is 17.5 Å². The molecule has 1 atom stereocenters. The van der Waals surface area contributed by atoms with Crippen molar-refractivity contribution in [2.75, 3.05) is 32.1 Å². The molecule has 0 saturated carbocycles. The van der Waals surface area contributed by atoms with E-state index in [1.54, 1.807) is 10.7 Å². The van der Waals surface area contributed by atoms with Crippen molar-refractivity contribution in [1.29, 1.82) is 0 Å². The van der Waals surface area contributed by atoms with Crippen LogP contribution in [0.15, 0.2) is 24.8 Å². The molecule has 0 N–H and O–H groups in total. The van der Waals surface area contributed by atoms with Crippen molar-refractivity contribution in [1.82, 2.24) is 29.0 Å². The molecule has 28 heavy (non-hydrogen) atoms. The molecule has 1 aliphatic heterocycles. The number of piperidine rings is 1. The van der Waals surface area contributed by atoms with Crippen LogP contribution in [-0.2, 0) is 18.9 Å². The molecule has 8 heteroatoms. The second-order valence-electron chi connectivity index (χ2n) is 8.28. The van der Waals surface area contributed by atoms with Gasteiger partial charge in [-0.05, 0) is 31.2 Å². The third-order valence-electron chi connectivity index (χ3n) is 6.26. The predicted octanol–water partition coefficient (Wildman–Crippen LogP) is 1.65. The number of carbonyl (C=O) groups excluding carboxylic acids is 1. The lowest BCUT2D eigenvalue weighted by Gasteiger charge is -2.40. The zero-order chi connectivity index (χ0) is 19.5. The lowest BCUT2D eigenvalue weighted by atomic mass is 9.77. The standard InChI is InChI=1S/C20H25N7O/c1-24(2)19-21-11-14-5-7-20(16(14)23-19)6-4-8-26(13-20)18(28)15-12-22-27-10-9-25(3)17(15)27/h9-12H,4-8,13H2,1-3H3. The summed E-state index contributed by atoms with van der Waals surface area (Å²) in [5.41, 5.74) is 3.82. The first-order valence-electron chi connectivity index (χ1n) is 9.80. The van der Waals surface area contributed by atoms with Crippen molar-refractivity contribution in [3.63, 3.8) is 0 Å². The number of hydrogen-bond donors (Lipinski definition) is 0. The number of anilines is 1. The molecule has 1 saturated heterocycles. The maximum Gasteiger partial charge on any atom is 0.259 e. The van der Waals surface area contributed by atoms with Crippen LogP contribution in [0.25, 0.3) is 5.65 Å². The van der Waals surface area contributed by atoms with Crippen LogP contribution in [0.2, 0.25) is 0 Å². The largest absolute Gasteiger partial charge is 0.347 e. The smallest absolute Gasteiger partial charge is 0.259 e. The van der Waals surface area contributed by atoms with Gasteiger partial charge in [-0.1, -0.05) is 0 Å². The van der Waals surface area contributed by atoms with Gasteiger partial charge in [0.25, 0.3) is 5.91 Å². The molecule has 1 unspecified atom stereocenters. The van der Waals surface area contributed by atoms with Gasteiger partial charge in [0, 0.05) is 58.2 Å². The van der Waals surface area contributed by atoms with Crippen molar-refractivity contribution in [3.8, 4) is 0 Å². The summed E-state index contributed by atoms with van der Waals surface area (Å²) in [4.78, 5) is 26.7. The Morgan fingerprint density at radius 1 is 1.21 bits per heavy atom. The number of rotatable bonds is 2. The quantitative estimate of drug-likeness (QED) is 0.677. The molecule has 0 radical (unpaired) electrons. The summed E-state index contributed by atoms with van der Waals surface area (Å²) in [6.07, 6.45) is 11.5. The van der Waals surface area contributed by atoms with E-state index in [9.17, 15) is 4.79 Å². The molecule has 0 bridgehead atoms. The highest BCUT2D eigenvalue weighted by Gasteiger charge is 2.45. The molecular weight excluding hydrogens is 354 g/mol. The normalized spacial score (nSPS) is 21.5. The van der Waals surface area contributed by atoms with Gasteiger partial charge in [-0.3, -0.25) is 4.79 Å². The van der Waals surface area contributed by atoms with Gasteiger partial charge in [0.05, 0.1) is 11.9 Å². The van der Waals surface area contributed by atoms with E-state index < -0.39 is 0 Å². The molecule has 4 heterocycles. The Labute approximate surface area is 163 Å². The third-order valence-corrected chi connectivity index (χ3v) is 6.26. The molecule has 2 aliphatic rings. The Bertz CT molecular complexity index is 1060. The van der Waals surface area contributed by atoms with Crippen molar-refractivity contribution < 1.29 is 4.79 Å². The number of aromatic nitrogens is 5. The zero-order valence-electron chi connectivity index (χ0n) is 16.6. The molecule has 1 aliphatic carbocycles. The van der Waals surface area contributed by atoms with E-state index in [-0.39, 0.29) is 11.3 Å². The first-order chi connectivity index (χ1) is 13.5. The molecule has 1 amide bonds. The number of aryl methyl sites for hydroxylation is 2. The lowest BCUT2D eigenvalue weighted by molar-refractivity contribution is 0.0635. The number of nitrogens with zero attached hydrogens (tertiary/aromatic N) is 7. The van der Waals surface area contributed by atoms with Crippen LogP contribution in [0, 0.1) is 0 Å². The van der Waals surface area contributed by atoms with Crippen LogP contribution in [0.4, 0.5) is 5.95 Å². The minimum absolute atomic E-state index is 0.0581. The van der Waals surface area contributed by atoms with Crippen molar-refractivity contribution in [2.45, 2.75) is 31.1 Å². The van der Waals surface area contributed by atoms with Gasteiger partial charge in [-0.25, -0.2) is 14.5 Å². The maximum atomic E-state index is 13.4. The van der Waals surface area contributed by atoms with Gasteiger partial charge in [-0.15, -0.1) is 0 Å². The fourth-order valence-corrected chi connectivity index (χ4v) is 4.82. The fourth-order valence-electron chi connectivity index (χ4n) is 4.82. The zero-order valence-corrected chi connectivity index (χ0v) is 16.6. The molecule has 0 aromatic carbocycles. The summed E-state index contributed by atoms with van der Waals surface area (Å²) in [5, 5.41) is 4.33. The number of hydrogen-bond acceptors (Lipinski definition) is 5. The minimum atomic E-state index is -0.0581. The molecule has 1 spiro atoms. The highest BCUT2D eigenvalue weighted by molar-refractivity contribution is 6.00. The average Bonchev–Trinajstić information content (AvgIpc) is 3.37. The van der Waals surface area contributed by atoms with E-state index in [0.29, 0.717) is 12.1 Å². The highest BCUT2D eigenvalue weighted by Crippen LogP contribution is 2.44. The second-order valence-corrected chi connectivity index (χ2v) is 8.28. The highest BCUT2D eigenvalue weighted by atomic mass is 16.2. The number of amides is 1. The third kappa shape index (κ3) is 2.43. The van der Waals surface area contributed by atoms with Gasteiger partial charge < -0.3 is 14.4 Å².